The molecule has 2 unspecified atom stereocenters. The Bertz CT molecular complexity index is 2480. The highest BCUT2D eigenvalue weighted by Crippen LogP contribution is 2.56. The Kier molecular flexibility index (Phi) is 27.9. The van der Waals surface area contributed by atoms with Crippen LogP contribution in [-0.4, -0.2) is 109 Å². The summed E-state index contributed by atoms with van der Waals surface area (Å²) >= 11 is 0.892. The highest BCUT2D eigenvalue weighted by atomic mass is 32.2. The number of nitrogens with two attached hydrogens (primary N) is 1. The summed E-state index contributed by atoms with van der Waals surface area (Å²) in [5, 5.41) is 26.0. The second-order valence-electron chi connectivity index (χ2n) is 16.9. The first-order chi connectivity index (χ1) is 34.9. The number of nitrogen functional groups attached to an aromatic ring is 1. The molecular formula is C45H64N7O18P3S-4. The summed E-state index contributed by atoms with van der Waals surface area (Å²) in [5.41, 5.74) is 4.03. The summed E-state index contributed by atoms with van der Waals surface area (Å²) in [4.78, 5) is 109. The Labute approximate surface area is 433 Å². The van der Waals surface area contributed by atoms with Crippen molar-refractivity contribution in [3.05, 3.63) is 85.6 Å². The molecule has 7 atom stereocenters. The molecule has 0 radical (unpaired) electrons. The topological polar surface area (TPSA) is 392 Å². The van der Waals surface area contributed by atoms with E-state index in [-0.39, 0.29) is 66.0 Å². The number of hydrogen-bond donors (Lipinski definition) is 5. The lowest BCUT2D eigenvalue weighted by Gasteiger charge is -2.36. The number of phosphoric ester groups is 3. The number of aliphatic hydroxyl groups is 2. The molecule has 6 N–H and O–H groups in total. The van der Waals surface area contributed by atoms with Crippen LogP contribution in [0.5, 0.6) is 0 Å². The summed E-state index contributed by atoms with van der Waals surface area (Å²) in [6.07, 6.45) is 23.3. The van der Waals surface area contributed by atoms with Gasteiger partial charge in [0.1, 0.15) is 42.0 Å². The van der Waals surface area contributed by atoms with E-state index in [1.165, 1.54) is 13.8 Å². The molecule has 1 aliphatic heterocycles. The van der Waals surface area contributed by atoms with Crippen molar-refractivity contribution in [2.45, 2.75) is 116 Å². The van der Waals surface area contributed by atoms with Crippen LogP contribution in [0.2, 0.25) is 0 Å². The molecule has 29 heteroatoms. The number of fused-ring (bicyclic) bond motifs is 1. The van der Waals surface area contributed by atoms with Gasteiger partial charge in [0.25, 0.3) is 15.6 Å². The Balaban J connectivity index is 1.28. The number of aromatic nitrogens is 4. The van der Waals surface area contributed by atoms with Crippen LogP contribution in [0.3, 0.4) is 0 Å². The third-order valence-electron chi connectivity index (χ3n) is 10.3. The van der Waals surface area contributed by atoms with E-state index < -0.39 is 84.6 Å². The maximum absolute atomic E-state index is 12.7. The molecule has 3 heterocycles. The fraction of sp³-hybridized carbons (Fsp3) is 0.533. The molecular weight excluding hydrogens is 1050 g/mol. The number of allylic oxidation sites excluding steroid dienone is 12. The Morgan fingerprint density at radius 3 is 2.03 bits per heavy atom. The minimum Gasteiger partial charge on any atom is -0.790 e. The Morgan fingerprint density at radius 2 is 1.43 bits per heavy atom. The predicted molar refractivity (Wildman–Crippen MR) is 265 cm³/mol. The highest BCUT2D eigenvalue weighted by Gasteiger charge is 2.47. The molecule has 0 saturated carbocycles. The molecule has 0 spiro atoms. The molecule has 2 aromatic rings. The fourth-order valence-electron chi connectivity index (χ4n) is 6.46. The van der Waals surface area contributed by atoms with E-state index in [0.717, 1.165) is 67.5 Å². The number of Topliss-reactive ketones (excluding diaryl/α,β-unsaturated/α-hetero) is 1. The second kappa shape index (κ2) is 32.3. The van der Waals surface area contributed by atoms with Gasteiger partial charge in [0, 0.05) is 37.1 Å². The Hall–Kier alpha value is -4.33. The number of aliphatic hydroxyl groups excluding tert-OH is 2. The summed E-state index contributed by atoms with van der Waals surface area (Å²) in [6, 6.07) is 0. The minimum atomic E-state index is -5.94. The molecule has 412 valence electrons. The lowest BCUT2D eigenvalue weighted by molar-refractivity contribution is -0.347. The van der Waals surface area contributed by atoms with Gasteiger partial charge in [-0.3, -0.25) is 32.9 Å². The molecule has 0 bridgehead atoms. The number of hydrogen-bond acceptors (Lipinski definition) is 23. The third kappa shape index (κ3) is 24.6. The number of nitrogens with zero attached hydrogens (tertiary/aromatic N) is 4. The van der Waals surface area contributed by atoms with E-state index in [1.807, 2.05) is 18.2 Å². The van der Waals surface area contributed by atoms with Crippen molar-refractivity contribution in [1.29, 1.82) is 0 Å². The zero-order valence-corrected chi connectivity index (χ0v) is 44.6. The third-order valence-corrected chi connectivity index (χ3v) is 14.2. The maximum atomic E-state index is 12.7. The maximum Gasteiger partial charge on any atom is 0.274 e. The van der Waals surface area contributed by atoms with Crippen LogP contribution in [0, 0.1) is 5.41 Å². The largest absolute Gasteiger partial charge is 0.790 e. The summed E-state index contributed by atoms with van der Waals surface area (Å²) in [6.45, 7) is 1.99. The normalized spacial score (nSPS) is 19.9. The molecule has 2 amide bonds. The van der Waals surface area contributed by atoms with Crippen LogP contribution in [-0.2, 0) is 55.5 Å². The van der Waals surface area contributed by atoms with Crippen molar-refractivity contribution < 1.29 is 85.3 Å². The molecule has 74 heavy (non-hydrogen) atoms. The van der Waals surface area contributed by atoms with Gasteiger partial charge in [0.05, 0.1) is 33.8 Å². The van der Waals surface area contributed by atoms with Crippen LogP contribution in [0.25, 0.3) is 11.2 Å². The number of carbonyl (C=O) groups excluding carboxylic acids is 4. The number of amides is 2. The number of ether oxygens (including phenoxy) is 1. The average Bonchev–Trinajstić information content (AvgIpc) is 3.89. The number of imidazole rings is 1. The highest BCUT2D eigenvalue weighted by molar-refractivity contribution is 8.13. The number of anilines is 1. The van der Waals surface area contributed by atoms with Gasteiger partial charge in [-0.25, -0.2) is 19.3 Å². The van der Waals surface area contributed by atoms with E-state index >= 15 is 0 Å². The van der Waals surface area contributed by atoms with Gasteiger partial charge < -0.3 is 69.0 Å². The van der Waals surface area contributed by atoms with Gasteiger partial charge >= 0.3 is 0 Å². The van der Waals surface area contributed by atoms with E-state index in [2.05, 4.69) is 105 Å². The molecule has 0 aliphatic carbocycles. The van der Waals surface area contributed by atoms with Crippen LogP contribution in [0.4, 0.5) is 5.82 Å². The Morgan fingerprint density at radius 1 is 0.851 bits per heavy atom. The van der Waals surface area contributed by atoms with Gasteiger partial charge in [0.15, 0.2) is 22.8 Å². The van der Waals surface area contributed by atoms with Gasteiger partial charge in [-0.05, 0) is 44.9 Å². The number of phosphoric acid groups is 3. The van der Waals surface area contributed by atoms with E-state index in [1.54, 1.807) is 0 Å². The first kappa shape index (κ1) is 64.0. The summed E-state index contributed by atoms with van der Waals surface area (Å²) < 4.78 is 60.8. The van der Waals surface area contributed by atoms with E-state index in [9.17, 15) is 62.7 Å². The van der Waals surface area contributed by atoms with Crippen molar-refractivity contribution in [3.63, 3.8) is 0 Å². The average molecular weight is 1120 g/mol. The van der Waals surface area contributed by atoms with Crippen molar-refractivity contribution in [1.82, 2.24) is 30.2 Å². The second-order valence-corrected chi connectivity index (χ2v) is 22.1. The first-order valence-electron chi connectivity index (χ1n) is 23.3. The van der Waals surface area contributed by atoms with Gasteiger partial charge in [-0.1, -0.05) is 105 Å². The van der Waals surface area contributed by atoms with Crippen LogP contribution in [0.15, 0.2) is 85.6 Å². The van der Waals surface area contributed by atoms with Crippen molar-refractivity contribution in [3.8, 4) is 0 Å². The molecule has 1 saturated heterocycles. The van der Waals surface area contributed by atoms with Gasteiger partial charge in [-0.15, -0.1) is 0 Å². The van der Waals surface area contributed by atoms with Crippen molar-refractivity contribution >= 4 is 74.9 Å². The van der Waals surface area contributed by atoms with Crippen molar-refractivity contribution in [2.75, 3.05) is 37.8 Å². The van der Waals surface area contributed by atoms with Gasteiger partial charge in [0.2, 0.25) is 11.8 Å². The zero-order chi connectivity index (χ0) is 54.8. The van der Waals surface area contributed by atoms with Gasteiger partial charge in [-0.2, -0.15) is 0 Å². The molecule has 2 aromatic heterocycles. The monoisotopic (exact) mass is 1120 g/mol. The predicted octanol–water partition coefficient (Wildman–Crippen LogP) is 2.57. The summed E-state index contributed by atoms with van der Waals surface area (Å²) in [7, 11) is -17.7. The number of ketones is 1. The number of thioether (sulfide) groups is 1. The van der Waals surface area contributed by atoms with Crippen LogP contribution in [0.1, 0.15) is 91.2 Å². The standard InChI is InChI=1S/C45H68N7O18P3S/c1-4-5-6-7-8-9-10-11-12-13-14-15-16-17-18-19-20-21-22-23-33(53)28-36(55)74-27-26-47-35(54)24-25-48-43(58)40(57)45(2,3)30-67-73(64,65)70-72(62,63)66-29-34-39(69-71(59,60)61)38(56)44(68-34)52-32-51-37-41(46)49-31-50-42(37)52/h5-6,8-9,11-12,14-15,17-18,20-21,31-32,34,38-40,44,56-57H,4,7,10,13,16,19,22-30H2,1-3H3,(H,47,54)(H,48,58)(H,62,63)(H,64,65)(H2,46,49,50)(H2,59,60,61)/p-4/b6-5-,9-8-,12-11-,15-14-,18-17-,21-20-/t34-,38-,39-,40+,44-/m1/s1. The van der Waals surface area contributed by atoms with E-state index in [4.69, 9.17) is 10.5 Å². The minimum absolute atomic E-state index is 0.0295. The summed E-state index contributed by atoms with van der Waals surface area (Å²) in [5.74, 6) is -1.66. The zero-order valence-electron chi connectivity index (χ0n) is 41.1. The quantitative estimate of drug-likeness (QED) is 0.0286. The number of nitrogens with one attached hydrogen (secondary N) is 2. The van der Waals surface area contributed by atoms with Crippen LogP contribution >= 0.6 is 35.2 Å². The molecule has 3 rings (SSSR count). The number of carbonyl (C=O) groups is 4. The fourth-order valence-corrected chi connectivity index (χ4v) is 9.89. The lowest BCUT2D eigenvalue weighted by atomic mass is 9.87. The molecule has 1 aliphatic rings. The smallest absolute Gasteiger partial charge is 0.274 e. The molecule has 1 fully saturated rings. The first-order valence-corrected chi connectivity index (χ1v) is 28.7. The lowest BCUT2D eigenvalue weighted by Crippen LogP contribution is -2.46. The van der Waals surface area contributed by atoms with Crippen LogP contribution < -0.4 is 35.9 Å². The molecule has 0 aromatic carbocycles. The number of rotatable bonds is 35. The van der Waals surface area contributed by atoms with Crippen molar-refractivity contribution in [2.24, 2.45) is 5.41 Å². The molecule has 25 nitrogen and oxygen atoms in total. The SMILES string of the molecule is CC/C=C\C/C=C\C/C=C\C/C=C\C/C=C\C/C=C\CCC(=O)CC(=O)SCCNC(=O)CCNC(=O)[C@H](O)C(C)(C)COP(=O)([O-])OP(=O)([O-])OC[C@H]1O[C@@H](n2cnc3c(N)ncnc32)[C@H](O)[C@@H]1OP(=O)([O-])[O-]. The van der Waals surface area contributed by atoms with E-state index in [0.29, 0.717) is 6.42 Å².